The normalized spacial score (nSPS) is 10.9. The van der Waals surface area contributed by atoms with Gasteiger partial charge in [0.05, 0.1) is 15.3 Å². The summed E-state index contributed by atoms with van der Waals surface area (Å²) in [5.41, 5.74) is 3.46. The number of benzene rings is 3. The Balaban J connectivity index is 1.80. The number of nitro groups is 1. The second-order valence-corrected chi connectivity index (χ2v) is 7.50. The molecule has 0 fully saturated rings. The highest BCUT2D eigenvalue weighted by Gasteiger charge is 2.17. The van der Waals surface area contributed by atoms with Crippen LogP contribution in [0, 0.1) is 10.1 Å². The minimum atomic E-state index is -0.329. The molecule has 0 unspecified atom stereocenters. The number of para-hydroxylation sites is 1. The van der Waals surface area contributed by atoms with Crippen molar-refractivity contribution in [1.29, 1.82) is 0 Å². The van der Waals surface area contributed by atoms with Crippen LogP contribution in [0.15, 0.2) is 88.8 Å². The van der Waals surface area contributed by atoms with Crippen molar-refractivity contribution >= 4 is 34.0 Å². The van der Waals surface area contributed by atoms with Gasteiger partial charge < -0.3 is 9.88 Å². The van der Waals surface area contributed by atoms with Gasteiger partial charge in [-0.1, -0.05) is 54.2 Å². The van der Waals surface area contributed by atoms with E-state index in [0.717, 1.165) is 28.0 Å². The predicted molar refractivity (Wildman–Crippen MR) is 114 cm³/mol. The summed E-state index contributed by atoms with van der Waals surface area (Å²) in [5, 5.41) is 15.6. The summed E-state index contributed by atoms with van der Waals surface area (Å²) in [6.07, 6.45) is 2.08. The number of nitrogens with zero attached hydrogens (tertiary/aromatic N) is 2. The highest BCUT2D eigenvalue weighted by atomic mass is 32.2. The van der Waals surface area contributed by atoms with Crippen molar-refractivity contribution in [2.45, 2.75) is 16.3 Å². The topological polar surface area (TPSA) is 60.1 Å². The van der Waals surface area contributed by atoms with E-state index in [1.54, 1.807) is 18.2 Å². The van der Waals surface area contributed by atoms with Gasteiger partial charge in [-0.15, -0.1) is 0 Å². The van der Waals surface area contributed by atoms with Crippen LogP contribution in [0.4, 0.5) is 11.4 Å². The molecule has 0 spiro atoms. The summed E-state index contributed by atoms with van der Waals surface area (Å²) in [6.45, 7) is 0.738. The summed E-state index contributed by atoms with van der Waals surface area (Å²) in [5.74, 6) is 0. The van der Waals surface area contributed by atoms with E-state index in [2.05, 4.69) is 40.3 Å². The maximum absolute atomic E-state index is 11.4. The highest BCUT2D eigenvalue weighted by molar-refractivity contribution is 7.99. The third-order valence-electron chi connectivity index (χ3n) is 4.61. The fourth-order valence-electron chi connectivity index (χ4n) is 3.22. The lowest BCUT2D eigenvalue weighted by atomic mass is 10.2. The molecule has 0 radical (unpaired) electrons. The van der Waals surface area contributed by atoms with Crippen LogP contribution in [-0.2, 0) is 6.54 Å². The Morgan fingerprint density at radius 2 is 1.75 bits per heavy atom. The number of rotatable bonds is 6. The average molecular weight is 389 g/mol. The summed E-state index contributed by atoms with van der Waals surface area (Å²) < 4.78 is 2.20. The first-order valence-electron chi connectivity index (χ1n) is 8.91. The second-order valence-electron chi connectivity index (χ2n) is 6.42. The van der Waals surface area contributed by atoms with Crippen LogP contribution in [0.25, 0.3) is 10.9 Å². The molecule has 0 aliphatic heterocycles. The van der Waals surface area contributed by atoms with Gasteiger partial charge in [0.2, 0.25) is 0 Å². The van der Waals surface area contributed by atoms with Gasteiger partial charge >= 0.3 is 0 Å². The molecule has 0 amide bonds. The lowest BCUT2D eigenvalue weighted by molar-refractivity contribution is -0.387. The van der Waals surface area contributed by atoms with Crippen molar-refractivity contribution < 1.29 is 4.92 Å². The smallest absolute Gasteiger partial charge is 0.283 e. The lowest BCUT2D eigenvalue weighted by Crippen LogP contribution is -1.98. The molecule has 1 aromatic heterocycles. The van der Waals surface area contributed by atoms with E-state index in [4.69, 9.17) is 0 Å². The number of nitro benzene ring substituents is 1. The first-order valence-corrected chi connectivity index (χ1v) is 9.73. The zero-order valence-corrected chi connectivity index (χ0v) is 16.1. The molecular weight excluding hydrogens is 370 g/mol. The lowest BCUT2D eigenvalue weighted by Gasteiger charge is -2.07. The monoisotopic (exact) mass is 389 g/mol. The van der Waals surface area contributed by atoms with E-state index in [9.17, 15) is 10.1 Å². The summed E-state index contributed by atoms with van der Waals surface area (Å²) in [7, 11) is 1.90. The summed E-state index contributed by atoms with van der Waals surface area (Å²) >= 11 is 1.43. The Bertz CT molecular complexity index is 1140. The molecule has 1 N–H and O–H groups in total. The average Bonchev–Trinajstić information content (AvgIpc) is 3.05. The van der Waals surface area contributed by atoms with Gasteiger partial charge in [-0.3, -0.25) is 10.1 Å². The van der Waals surface area contributed by atoms with Crippen LogP contribution in [0.1, 0.15) is 5.56 Å². The molecule has 0 saturated heterocycles. The maximum atomic E-state index is 11.4. The van der Waals surface area contributed by atoms with Crippen molar-refractivity contribution in [2.75, 3.05) is 12.4 Å². The molecule has 0 aliphatic rings. The van der Waals surface area contributed by atoms with Crippen LogP contribution >= 0.6 is 11.8 Å². The zero-order chi connectivity index (χ0) is 19.5. The molecule has 5 nitrogen and oxygen atoms in total. The standard InChI is InChI=1S/C22H19N3O2S/c1-23-17-11-12-18-20(13-17)24(14-16-7-3-2-4-8-16)15-22(18)28-21-10-6-5-9-19(21)25(26)27/h2-13,15,23H,14H2,1H3. The molecule has 0 saturated carbocycles. The van der Waals surface area contributed by atoms with Gasteiger partial charge in [-0.25, -0.2) is 0 Å². The van der Waals surface area contributed by atoms with Gasteiger partial charge in [0.25, 0.3) is 5.69 Å². The number of nitrogens with one attached hydrogen (secondary N) is 1. The molecule has 28 heavy (non-hydrogen) atoms. The van der Waals surface area contributed by atoms with Crippen molar-refractivity contribution in [1.82, 2.24) is 4.57 Å². The Labute approximate surface area is 167 Å². The number of aromatic nitrogens is 1. The summed E-state index contributed by atoms with van der Waals surface area (Å²) in [4.78, 5) is 12.7. The SMILES string of the molecule is CNc1ccc2c(Sc3ccccc3[N+](=O)[O-])cn(Cc3ccccc3)c2c1. The van der Waals surface area contributed by atoms with Crippen LogP contribution < -0.4 is 5.32 Å². The number of hydrogen-bond acceptors (Lipinski definition) is 4. The van der Waals surface area contributed by atoms with Crippen molar-refractivity contribution in [3.05, 3.63) is 94.7 Å². The van der Waals surface area contributed by atoms with Gasteiger partial charge in [-0.2, -0.15) is 0 Å². The Kier molecular flexibility index (Phi) is 5.04. The maximum Gasteiger partial charge on any atom is 0.283 e. The second kappa shape index (κ2) is 7.78. The van der Waals surface area contributed by atoms with E-state index in [1.807, 2.05) is 37.4 Å². The third kappa shape index (κ3) is 3.59. The van der Waals surface area contributed by atoms with E-state index >= 15 is 0 Å². The van der Waals surface area contributed by atoms with E-state index in [0.29, 0.717) is 4.90 Å². The van der Waals surface area contributed by atoms with Crippen LogP contribution in [0.5, 0.6) is 0 Å². The first-order chi connectivity index (χ1) is 13.7. The largest absolute Gasteiger partial charge is 0.388 e. The van der Waals surface area contributed by atoms with E-state index in [-0.39, 0.29) is 10.6 Å². The van der Waals surface area contributed by atoms with E-state index in [1.165, 1.54) is 17.3 Å². The molecule has 6 heteroatoms. The number of anilines is 1. The fourth-order valence-corrected chi connectivity index (χ4v) is 4.31. The fraction of sp³-hybridized carbons (Fsp3) is 0.0909. The van der Waals surface area contributed by atoms with Crippen molar-refractivity contribution in [3.63, 3.8) is 0 Å². The number of hydrogen-bond donors (Lipinski definition) is 1. The zero-order valence-electron chi connectivity index (χ0n) is 15.3. The molecule has 1 heterocycles. The number of fused-ring (bicyclic) bond motifs is 1. The van der Waals surface area contributed by atoms with Crippen LogP contribution in [0.2, 0.25) is 0 Å². The molecule has 0 aliphatic carbocycles. The molecule has 140 valence electrons. The Morgan fingerprint density at radius 3 is 2.50 bits per heavy atom. The quantitative estimate of drug-likeness (QED) is 0.335. The van der Waals surface area contributed by atoms with Crippen LogP contribution in [0.3, 0.4) is 0 Å². The molecular formula is C22H19N3O2S. The minimum Gasteiger partial charge on any atom is -0.388 e. The van der Waals surface area contributed by atoms with Gasteiger partial charge in [0, 0.05) is 41.8 Å². The third-order valence-corrected chi connectivity index (χ3v) is 5.72. The highest BCUT2D eigenvalue weighted by Crippen LogP contribution is 2.39. The molecule has 3 aromatic carbocycles. The molecule has 0 atom stereocenters. The molecule has 0 bridgehead atoms. The first kappa shape index (κ1) is 18.1. The van der Waals surface area contributed by atoms with Crippen molar-refractivity contribution in [3.8, 4) is 0 Å². The van der Waals surface area contributed by atoms with Crippen molar-refractivity contribution in [2.24, 2.45) is 0 Å². The molecule has 4 rings (SSSR count). The van der Waals surface area contributed by atoms with Gasteiger partial charge in [0.1, 0.15) is 0 Å². The molecule has 4 aromatic rings. The van der Waals surface area contributed by atoms with Gasteiger partial charge in [-0.05, 0) is 29.8 Å². The minimum absolute atomic E-state index is 0.128. The van der Waals surface area contributed by atoms with Crippen LogP contribution in [-0.4, -0.2) is 16.5 Å². The van der Waals surface area contributed by atoms with E-state index < -0.39 is 0 Å². The predicted octanol–water partition coefficient (Wildman–Crippen LogP) is 5.79. The summed E-state index contributed by atoms with van der Waals surface area (Å²) in [6, 6.07) is 23.3. The Morgan fingerprint density at radius 1 is 1.00 bits per heavy atom. The van der Waals surface area contributed by atoms with Gasteiger partial charge in [0.15, 0.2) is 0 Å². The Hall–Kier alpha value is -3.25.